The van der Waals surface area contributed by atoms with Crippen LogP contribution in [0.25, 0.3) is 0 Å². The summed E-state index contributed by atoms with van der Waals surface area (Å²) in [5, 5.41) is 0. The number of hydrogen-bond acceptors (Lipinski definition) is 4. The van der Waals surface area contributed by atoms with Crippen LogP contribution >= 0.6 is 15.9 Å². The van der Waals surface area contributed by atoms with E-state index in [-0.39, 0.29) is 17.5 Å². The van der Waals surface area contributed by atoms with Gasteiger partial charge in [0.15, 0.2) is 0 Å². The predicted octanol–water partition coefficient (Wildman–Crippen LogP) is 2.06. The van der Waals surface area contributed by atoms with Gasteiger partial charge in [0, 0.05) is 22.5 Å². The molecule has 96 valence electrons. The highest BCUT2D eigenvalue weighted by Gasteiger charge is 2.11. The number of nitrogens with zero attached hydrogens (tertiary/aromatic N) is 1. The highest BCUT2D eigenvalue weighted by atomic mass is 79.9. The van der Waals surface area contributed by atoms with Crippen molar-refractivity contribution in [3.8, 4) is 0 Å². The van der Waals surface area contributed by atoms with E-state index in [1.165, 1.54) is 0 Å². The van der Waals surface area contributed by atoms with E-state index in [1.54, 1.807) is 13.1 Å². The van der Waals surface area contributed by atoms with Gasteiger partial charge in [-0.2, -0.15) is 0 Å². The molecule has 2 N–H and O–H groups in total. The van der Waals surface area contributed by atoms with Crippen LogP contribution in [-0.4, -0.2) is 24.9 Å². The zero-order valence-corrected chi connectivity index (χ0v) is 12.2. The Morgan fingerprint density at radius 2 is 2.18 bits per heavy atom. The molecule has 0 fully saturated rings. The average molecular weight is 321 g/mol. The van der Waals surface area contributed by atoms with E-state index in [0.717, 1.165) is 10.2 Å². The van der Waals surface area contributed by atoms with Gasteiger partial charge < -0.3 is 5.73 Å². The molecule has 0 saturated heterocycles. The maximum atomic E-state index is 11.3. The summed E-state index contributed by atoms with van der Waals surface area (Å²) in [6.45, 7) is 1.66. The lowest BCUT2D eigenvalue weighted by Crippen LogP contribution is -2.15. The molecule has 0 aliphatic rings. The highest BCUT2D eigenvalue weighted by molar-refractivity contribution is 9.10. The number of sulfone groups is 1. The largest absolute Gasteiger partial charge is 0.323 e. The minimum absolute atomic E-state index is 0.193. The lowest BCUT2D eigenvalue weighted by Gasteiger charge is -2.10. The zero-order chi connectivity index (χ0) is 12.9. The van der Waals surface area contributed by atoms with Gasteiger partial charge >= 0.3 is 0 Å². The Bertz CT molecular complexity index is 445. The Kier molecular flexibility index (Phi) is 5.55. The fourth-order valence-corrected chi connectivity index (χ4v) is 2.55. The summed E-state index contributed by atoms with van der Waals surface area (Å²) in [6.07, 6.45) is 2.90. The summed E-state index contributed by atoms with van der Waals surface area (Å²) in [4.78, 5) is 4.19. The number of rotatable bonds is 6. The van der Waals surface area contributed by atoms with Crippen LogP contribution in [0.5, 0.6) is 0 Å². The first kappa shape index (κ1) is 14.6. The molecule has 1 heterocycles. The molecule has 0 amide bonds. The number of halogens is 1. The molecule has 0 aliphatic carbocycles. The SMILES string of the molecule is CCS(=O)(=O)CCCC(N)c1ccc(Br)cn1. The smallest absolute Gasteiger partial charge is 0.150 e. The lowest BCUT2D eigenvalue weighted by molar-refractivity contribution is 0.580. The van der Waals surface area contributed by atoms with Gasteiger partial charge in [-0.05, 0) is 40.9 Å². The molecule has 0 bridgehead atoms. The number of aromatic nitrogens is 1. The molecule has 1 rings (SSSR count). The zero-order valence-electron chi connectivity index (χ0n) is 9.77. The molecule has 6 heteroatoms. The van der Waals surface area contributed by atoms with Crippen molar-refractivity contribution in [3.05, 3.63) is 28.5 Å². The first-order chi connectivity index (χ1) is 7.94. The summed E-state index contributed by atoms with van der Waals surface area (Å²) in [5.41, 5.74) is 6.74. The second-order valence-electron chi connectivity index (χ2n) is 3.89. The minimum Gasteiger partial charge on any atom is -0.323 e. The third-order valence-corrected chi connectivity index (χ3v) is 4.80. The van der Waals surface area contributed by atoms with Crippen molar-refractivity contribution in [3.63, 3.8) is 0 Å². The van der Waals surface area contributed by atoms with Gasteiger partial charge in [0.2, 0.25) is 0 Å². The fraction of sp³-hybridized carbons (Fsp3) is 0.545. The van der Waals surface area contributed by atoms with Crippen LogP contribution < -0.4 is 5.73 Å². The third-order valence-electron chi connectivity index (χ3n) is 2.54. The molecule has 0 aliphatic heterocycles. The van der Waals surface area contributed by atoms with E-state index in [1.807, 2.05) is 12.1 Å². The summed E-state index contributed by atoms with van der Waals surface area (Å²) >= 11 is 3.30. The van der Waals surface area contributed by atoms with Crippen LogP contribution in [0.15, 0.2) is 22.8 Å². The average Bonchev–Trinajstić information content (AvgIpc) is 2.29. The molecular formula is C11H17BrN2O2S. The van der Waals surface area contributed by atoms with Gasteiger partial charge in [0.1, 0.15) is 9.84 Å². The maximum Gasteiger partial charge on any atom is 0.150 e. The maximum absolute atomic E-state index is 11.3. The van der Waals surface area contributed by atoms with Crippen LogP contribution in [0.3, 0.4) is 0 Å². The topological polar surface area (TPSA) is 73.0 Å². The van der Waals surface area contributed by atoms with Crippen molar-refractivity contribution >= 4 is 25.8 Å². The van der Waals surface area contributed by atoms with Crippen molar-refractivity contribution in [1.29, 1.82) is 0 Å². The van der Waals surface area contributed by atoms with Crippen LogP contribution in [0, 0.1) is 0 Å². The van der Waals surface area contributed by atoms with Gasteiger partial charge in [0.25, 0.3) is 0 Å². The number of pyridine rings is 1. The molecular weight excluding hydrogens is 304 g/mol. The molecule has 4 nitrogen and oxygen atoms in total. The van der Waals surface area contributed by atoms with Gasteiger partial charge in [0.05, 0.1) is 11.4 Å². The molecule has 0 saturated carbocycles. The molecule has 1 unspecified atom stereocenters. The number of hydrogen-bond donors (Lipinski definition) is 1. The Morgan fingerprint density at radius 3 is 2.71 bits per heavy atom. The van der Waals surface area contributed by atoms with E-state index in [0.29, 0.717) is 12.8 Å². The molecule has 0 aromatic carbocycles. The predicted molar refractivity (Wildman–Crippen MR) is 72.4 cm³/mol. The van der Waals surface area contributed by atoms with Gasteiger partial charge in [-0.15, -0.1) is 0 Å². The van der Waals surface area contributed by atoms with Crippen molar-refractivity contribution < 1.29 is 8.42 Å². The summed E-state index contributed by atoms with van der Waals surface area (Å²) < 4.78 is 23.5. The molecule has 17 heavy (non-hydrogen) atoms. The van der Waals surface area contributed by atoms with E-state index in [9.17, 15) is 8.42 Å². The molecule has 1 atom stereocenters. The van der Waals surface area contributed by atoms with E-state index in [2.05, 4.69) is 20.9 Å². The summed E-state index contributed by atoms with van der Waals surface area (Å²) in [5.74, 6) is 0.395. The summed E-state index contributed by atoms with van der Waals surface area (Å²) in [7, 11) is -2.89. The standard InChI is InChI=1S/C11H17BrN2O2S/c1-2-17(15,16)7-3-4-10(13)11-6-5-9(12)8-14-11/h5-6,8,10H,2-4,7,13H2,1H3. The number of nitrogens with two attached hydrogens (primary N) is 1. The van der Waals surface area contributed by atoms with E-state index >= 15 is 0 Å². The Labute approximate surface area is 111 Å². The van der Waals surface area contributed by atoms with E-state index < -0.39 is 9.84 Å². The highest BCUT2D eigenvalue weighted by Crippen LogP contribution is 2.16. The van der Waals surface area contributed by atoms with Crippen molar-refractivity contribution in [2.24, 2.45) is 5.73 Å². The van der Waals surface area contributed by atoms with Crippen LogP contribution in [0.1, 0.15) is 31.5 Å². The second kappa shape index (κ2) is 6.47. The fourth-order valence-electron chi connectivity index (χ4n) is 1.42. The summed E-state index contributed by atoms with van der Waals surface area (Å²) in [6, 6.07) is 3.53. The third kappa shape index (κ3) is 5.14. The Hall–Kier alpha value is -0.460. The first-order valence-corrected chi connectivity index (χ1v) is 8.13. The monoisotopic (exact) mass is 320 g/mol. The second-order valence-corrected chi connectivity index (χ2v) is 7.27. The Balaban J connectivity index is 2.45. The molecule has 1 aromatic heterocycles. The van der Waals surface area contributed by atoms with Crippen LogP contribution in [0.4, 0.5) is 0 Å². The van der Waals surface area contributed by atoms with Crippen molar-refractivity contribution in [2.45, 2.75) is 25.8 Å². The minimum atomic E-state index is -2.89. The molecule has 1 aromatic rings. The Morgan fingerprint density at radius 1 is 1.47 bits per heavy atom. The molecule has 0 radical (unpaired) electrons. The van der Waals surface area contributed by atoms with Crippen molar-refractivity contribution in [1.82, 2.24) is 4.98 Å². The van der Waals surface area contributed by atoms with Crippen LogP contribution in [-0.2, 0) is 9.84 Å². The lowest BCUT2D eigenvalue weighted by atomic mass is 10.1. The van der Waals surface area contributed by atoms with Crippen LogP contribution in [0.2, 0.25) is 0 Å². The normalized spacial score (nSPS) is 13.6. The first-order valence-electron chi connectivity index (χ1n) is 5.52. The quantitative estimate of drug-likeness (QED) is 0.870. The molecule has 0 spiro atoms. The van der Waals surface area contributed by atoms with E-state index in [4.69, 9.17) is 5.73 Å². The van der Waals surface area contributed by atoms with Gasteiger partial charge in [-0.3, -0.25) is 4.98 Å². The van der Waals surface area contributed by atoms with Crippen molar-refractivity contribution in [2.75, 3.05) is 11.5 Å². The van der Waals surface area contributed by atoms with Gasteiger partial charge in [-0.25, -0.2) is 8.42 Å². The van der Waals surface area contributed by atoms with Gasteiger partial charge in [-0.1, -0.05) is 6.92 Å².